The predicted molar refractivity (Wildman–Crippen MR) is 103 cm³/mol. The molecule has 2 aromatic rings. The fraction of sp³-hybridized carbons (Fsp3) is 0.450. The van der Waals surface area contributed by atoms with Crippen LogP contribution in [0.25, 0.3) is 10.9 Å². The number of hydrogen-bond donors (Lipinski definition) is 0. The second kappa shape index (κ2) is 7.91. The zero-order valence-electron chi connectivity index (χ0n) is 15.3. The number of anilines is 1. The van der Waals surface area contributed by atoms with Gasteiger partial charge in [0.15, 0.2) is 0 Å². The Bertz CT molecular complexity index is 864. The molecule has 1 aromatic carbocycles. The van der Waals surface area contributed by atoms with Crippen LogP contribution >= 0.6 is 0 Å². The quantitative estimate of drug-likeness (QED) is 0.811. The van der Waals surface area contributed by atoms with E-state index in [4.69, 9.17) is 4.74 Å². The number of benzene rings is 1. The van der Waals surface area contributed by atoms with E-state index in [2.05, 4.69) is 20.9 Å². The summed E-state index contributed by atoms with van der Waals surface area (Å²) in [5.74, 6) is 0.189. The van der Waals surface area contributed by atoms with Crippen molar-refractivity contribution < 1.29 is 9.53 Å². The Kier molecular flexibility index (Phi) is 5.19. The molecular weight excluding hydrogens is 342 g/mol. The maximum atomic E-state index is 12.6. The Morgan fingerprint density at radius 1 is 1.11 bits per heavy atom. The molecule has 0 spiro atoms. The largest absolute Gasteiger partial charge is 0.379 e. The Morgan fingerprint density at radius 2 is 1.85 bits per heavy atom. The fourth-order valence-electron chi connectivity index (χ4n) is 3.72. The van der Waals surface area contributed by atoms with Gasteiger partial charge in [0.05, 0.1) is 25.3 Å². The molecule has 0 atom stereocenters. The highest BCUT2D eigenvalue weighted by atomic mass is 16.5. The molecule has 2 aliphatic rings. The zero-order chi connectivity index (χ0) is 18.6. The van der Waals surface area contributed by atoms with Gasteiger partial charge in [-0.1, -0.05) is 18.2 Å². The van der Waals surface area contributed by atoms with E-state index in [0.717, 1.165) is 42.8 Å². The number of pyridine rings is 1. The lowest BCUT2D eigenvalue weighted by atomic mass is 10.1. The van der Waals surface area contributed by atoms with Gasteiger partial charge in [-0.2, -0.15) is 5.26 Å². The van der Waals surface area contributed by atoms with Gasteiger partial charge in [-0.3, -0.25) is 9.69 Å². The predicted octanol–water partition coefficient (Wildman–Crippen LogP) is 1.09. The van der Waals surface area contributed by atoms with E-state index in [1.807, 2.05) is 35.2 Å². The van der Waals surface area contributed by atoms with Gasteiger partial charge in [0.2, 0.25) is 5.91 Å². The molecule has 2 fully saturated rings. The Labute approximate surface area is 158 Å². The highest BCUT2D eigenvalue weighted by molar-refractivity contribution is 5.92. The maximum absolute atomic E-state index is 12.6. The standard InChI is InChI=1S/C20H23N5O2/c21-14-16-13-19(17-3-1-2-4-18(17)22-16)24-5-7-25(8-6-24)20(26)15-23-9-11-27-12-10-23/h1-4,13H,5-12,15H2. The van der Waals surface area contributed by atoms with Crippen molar-refractivity contribution in [3.05, 3.63) is 36.0 Å². The van der Waals surface area contributed by atoms with Crippen LogP contribution in [-0.4, -0.2) is 79.7 Å². The van der Waals surface area contributed by atoms with Crippen LogP contribution in [0, 0.1) is 11.3 Å². The molecule has 1 aromatic heterocycles. The molecule has 3 heterocycles. The van der Waals surface area contributed by atoms with Gasteiger partial charge < -0.3 is 14.5 Å². The lowest BCUT2D eigenvalue weighted by Gasteiger charge is -2.37. The van der Waals surface area contributed by atoms with Crippen molar-refractivity contribution in [3.63, 3.8) is 0 Å². The number of carbonyl (C=O) groups is 1. The second-order valence-corrected chi connectivity index (χ2v) is 6.91. The normalized spacial score (nSPS) is 18.5. The first-order chi connectivity index (χ1) is 13.2. The summed E-state index contributed by atoms with van der Waals surface area (Å²) in [6.07, 6.45) is 0. The highest BCUT2D eigenvalue weighted by Crippen LogP contribution is 2.27. The Balaban J connectivity index is 1.44. The number of fused-ring (bicyclic) bond motifs is 1. The summed E-state index contributed by atoms with van der Waals surface area (Å²) in [7, 11) is 0. The lowest BCUT2D eigenvalue weighted by Crippen LogP contribution is -2.52. The number of morpholine rings is 1. The van der Waals surface area contributed by atoms with Crippen molar-refractivity contribution in [2.24, 2.45) is 0 Å². The molecule has 2 aliphatic heterocycles. The molecule has 0 saturated carbocycles. The van der Waals surface area contributed by atoms with Crippen LogP contribution in [-0.2, 0) is 9.53 Å². The molecule has 1 amide bonds. The van der Waals surface area contributed by atoms with E-state index < -0.39 is 0 Å². The van der Waals surface area contributed by atoms with E-state index in [0.29, 0.717) is 38.5 Å². The summed E-state index contributed by atoms with van der Waals surface area (Å²) >= 11 is 0. The fourth-order valence-corrected chi connectivity index (χ4v) is 3.72. The molecule has 140 valence electrons. The van der Waals surface area contributed by atoms with E-state index in [1.54, 1.807) is 0 Å². The number of ether oxygens (including phenoxy) is 1. The van der Waals surface area contributed by atoms with Gasteiger partial charge in [-0.25, -0.2) is 4.98 Å². The van der Waals surface area contributed by atoms with Crippen LogP contribution in [0.5, 0.6) is 0 Å². The number of rotatable bonds is 3. The smallest absolute Gasteiger partial charge is 0.236 e. The van der Waals surface area contributed by atoms with Gasteiger partial charge in [0.1, 0.15) is 11.8 Å². The van der Waals surface area contributed by atoms with Crippen LogP contribution in [0.3, 0.4) is 0 Å². The minimum absolute atomic E-state index is 0.189. The first kappa shape index (κ1) is 17.7. The van der Waals surface area contributed by atoms with Crippen molar-refractivity contribution in [2.75, 3.05) is 63.9 Å². The third kappa shape index (κ3) is 3.87. The number of piperazine rings is 1. The van der Waals surface area contributed by atoms with E-state index >= 15 is 0 Å². The SMILES string of the molecule is N#Cc1cc(N2CCN(C(=O)CN3CCOCC3)CC2)c2ccccc2n1. The minimum atomic E-state index is 0.189. The number of nitrogens with zero attached hydrogens (tertiary/aromatic N) is 5. The van der Waals surface area contributed by atoms with E-state index in [1.165, 1.54) is 0 Å². The first-order valence-corrected chi connectivity index (χ1v) is 9.37. The number of amides is 1. The van der Waals surface area contributed by atoms with Crippen molar-refractivity contribution in [1.82, 2.24) is 14.8 Å². The summed E-state index contributed by atoms with van der Waals surface area (Å²) in [5, 5.41) is 10.3. The molecule has 27 heavy (non-hydrogen) atoms. The number of hydrogen-bond acceptors (Lipinski definition) is 6. The van der Waals surface area contributed by atoms with E-state index in [9.17, 15) is 10.1 Å². The van der Waals surface area contributed by atoms with Gasteiger partial charge in [0, 0.05) is 50.3 Å². The number of carbonyl (C=O) groups excluding carboxylic acids is 1. The molecule has 0 unspecified atom stereocenters. The van der Waals surface area contributed by atoms with Crippen LogP contribution in [0.4, 0.5) is 5.69 Å². The summed E-state index contributed by atoms with van der Waals surface area (Å²) in [6.45, 7) is 6.44. The maximum Gasteiger partial charge on any atom is 0.236 e. The molecule has 4 rings (SSSR count). The molecule has 7 nitrogen and oxygen atoms in total. The van der Waals surface area contributed by atoms with Crippen molar-refractivity contribution in [2.45, 2.75) is 0 Å². The average Bonchev–Trinajstić information content (AvgIpc) is 2.73. The topological polar surface area (TPSA) is 72.7 Å². The summed E-state index contributed by atoms with van der Waals surface area (Å²) in [4.78, 5) is 23.3. The third-order valence-electron chi connectivity index (χ3n) is 5.24. The molecule has 0 radical (unpaired) electrons. The molecule has 2 saturated heterocycles. The summed E-state index contributed by atoms with van der Waals surface area (Å²) in [5.41, 5.74) is 2.28. The minimum Gasteiger partial charge on any atom is -0.379 e. The zero-order valence-corrected chi connectivity index (χ0v) is 15.3. The van der Waals surface area contributed by atoms with E-state index in [-0.39, 0.29) is 5.91 Å². The van der Waals surface area contributed by atoms with Gasteiger partial charge in [-0.05, 0) is 12.1 Å². The molecule has 7 heteroatoms. The van der Waals surface area contributed by atoms with Crippen LogP contribution in [0.1, 0.15) is 5.69 Å². The molecule has 0 bridgehead atoms. The van der Waals surface area contributed by atoms with Gasteiger partial charge in [-0.15, -0.1) is 0 Å². The number of aromatic nitrogens is 1. The van der Waals surface area contributed by atoms with Crippen LogP contribution in [0.2, 0.25) is 0 Å². The van der Waals surface area contributed by atoms with Crippen molar-refractivity contribution >= 4 is 22.5 Å². The van der Waals surface area contributed by atoms with Crippen molar-refractivity contribution in [1.29, 1.82) is 5.26 Å². The first-order valence-electron chi connectivity index (χ1n) is 9.37. The Hall–Kier alpha value is -2.69. The van der Waals surface area contributed by atoms with Gasteiger partial charge in [0.25, 0.3) is 0 Å². The number of nitriles is 1. The highest BCUT2D eigenvalue weighted by Gasteiger charge is 2.24. The molecule has 0 aliphatic carbocycles. The van der Waals surface area contributed by atoms with Gasteiger partial charge >= 0.3 is 0 Å². The van der Waals surface area contributed by atoms with Crippen LogP contribution < -0.4 is 4.90 Å². The second-order valence-electron chi connectivity index (χ2n) is 6.91. The average molecular weight is 365 g/mol. The lowest BCUT2D eigenvalue weighted by molar-refractivity contribution is -0.133. The number of para-hydroxylation sites is 1. The third-order valence-corrected chi connectivity index (χ3v) is 5.24. The van der Waals surface area contributed by atoms with Crippen molar-refractivity contribution in [3.8, 4) is 6.07 Å². The monoisotopic (exact) mass is 365 g/mol. The summed E-state index contributed by atoms with van der Waals surface area (Å²) in [6, 6.07) is 11.9. The Morgan fingerprint density at radius 3 is 2.59 bits per heavy atom. The summed E-state index contributed by atoms with van der Waals surface area (Å²) < 4.78 is 5.34. The molecular formula is C20H23N5O2. The van der Waals surface area contributed by atoms with Crippen LogP contribution in [0.15, 0.2) is 30.3 Å². The molecule has 0 N–H and O–H groups in total.